The van der Waals surface area contributed by atoms with Crippen LogP contribution in [0.15, 0.2) is 151 Å². The molecule has 0 saturated carbocycles. The van der Waals surface area contributed by atoms with Crippen LogP contribution in [-0.2, 0) is 83.8 Å². The Kier molecular flexibility index (Phi) is 29.1. The summed E-state index contributed by atoms with van der Waals surface area (Å²) < 4.78 is 158. The minimum atomic E-state index is -4.50. The van der Waals surface area contributed by atoms with Gasteiger partial charge in [-0.25, -0.2) is 23.7 Å². The van der Waals surface area contributed by atoms with Crippen molar-refractivity contribution < 1.29 is 123 Å². The molecular formula is C67H59B2BrCl3F11N4NaO9. The normalized spacial score (nSPS) is 15.3. The van der Waals surface area contributed by atoms with E-state index in [2.05, 4.69) is 35.9 Å². The summed E-state index contributed by atoms with van der Waals surface area (Å²) in [4.78, 5) is 50.7. The van der Waals surface area contributed by atoms with Gasteiger partial charge in [0.25, 0.3) is 0 Å². The van der Waals surface area contributed by atoms with E-state index in [1.165, 1.54) is 24.3 Å². The second-order valence-corrected chi connectivity index (χ2v) is 25.0. The molecule has 3 fully saturated rings. The van der Waals surface area contributed by atoms with Crippen LogP contribution in [0.5, 0.6) is 0 Å². The van der Waals surface area contributed by atoms with Gasteiger partial charge in [0, 0.05) is 62.7 Å². The van der Waals surface area contributed by atoms with E-state index in [1.807, 2.05) is 89.2 Å². The number of aryl methyl sites for hydroxylation is 1. The van der Waals surface area contributed by atoms with Gasteiger partial charge in [-0.1, -0.05) is 114 Å². The predicted molar refractivity (Wildman–Crippen MR) is 346 cm³/mol. The molecule has 2 N–H and O–H groups in total. The van der Waals surface area contributed by atoms with E-state index in [9.17, 15) is 67.8 Å². The average Bonchev–Trinajstić information content (AvgIpc) is 0.852. The predicted octanol–water partition coefficient (Wildman–Crippen LogP) is 12.0. The number of nitrogens with zero attached hydrogens (tertiary/aromatic N) is 4. The van der Waals surface area contributed by atoms with Crippen LogP contribution in [0.2, 0.25) is 15.5 Å². The molecule has 8 aromatic rings. The number of aliphatic hydroxyl groups is 2. The third-order valence-electron chi connectivity index (χ3n) is 15.8. The zero-order valence-corrected chi connectivity index (χ0v) is 58.8. The molecule has 3 aliphatic heterocycles. The first-order chi connectivity index (χ1) is 44.9. The third kappa shape index (κ3) is 20.8. The van der Waals surface area contributed by atoms with Crippen molar-refractivity contribution in [1.82, 2.24) is 19.9 Å². The number of halogens is 15. The molecule has 13 nitrogen and oxygen atoms in total. The quantitative estimate of drug-likeness (QED) is 0.0482. The minimum absolute atomic E-state index is 0. The number of ether oxygens (including phenoxy) is 2. The van der Waals surface area contributed by atoms with Crippen LogP contribution in [-0.4, -0.2) is 101 Å². The van der Waals surface area contributed by atoms with E-state index < -0.39 is 71.0 Å². The smallest absolute Gasteiger partial charge is 1.00 e. The maximum absolute atomic E-state index is 13.1. The minimum Gasteiger partial charge on any atom is -1.00 e. The number of aromatic nitrogens is 4. The first kappa shape index (κ1) is 82.6. The molecule has 0 aliphatic carbocycles. The Balaban J connectivity index is 0.000000276. The maximum Gasteiger partial charge on any atom is 1.00 e. The van der Waals surface area contributed by atoms with E-state index in [0.29, 0.717) is 51.1 Å². The molecular weight excluding hydrogens is 1440 g/mol. The number of carbonyl (C=O) groups is 3. The van der Waals surface area contributed by atoms with Gasteiger partial charge in [0.2, 0.25) is 0 Å². The summed E-state index contributed by atoms with van der Waals surface area (Å²) >= 11 is 19.0. The second kappa shape index (κ2) is 34.6. The van der Waals surface area contributed by atoms with Gasteiger partial charge < -0.3 is 30.4 Å². The van der Waals surface area contributed by atoms with Crippen molar-refractivity contribution >= 4 is 89.6 Å². The van der Waals surface area contributed by atoms with E-state index in [0.717, 1.165) is 62.2 Å². The molecule has 3 saturated heterocycles. The van der Waals surface area contributed by atoms with Crippen LogP contribution in [0.25, 0.3) is 11.3 Å². The fraction of sp³-hybridized carbons (Fsp3) is 0.299. The molecule has 0 atom stereocenters. The van der Waals surface area contributed by atoms with Crippen molar-refractivity contribution in [3.05, 3.63) is 239 Å². The van der Waals surface area contributed by atoms with Crippen molar-refractivity contribution in [1.29, 1.82) is 0 Å². The number of carbonyl (C=O) groups excluding carboxylic acids is 3. The fourth-order valence-electron chi connectivity index (χ4n) is 9.44. The number of rotatable bonds is 13. The summed E-state index contributed by atoms with van der Waals surface area (Å²) in [5, 5.41) is 17.9. The van der Waals surface area contributed by atoms with Crippen molar-refractivity contribution in [2.24, 2.45) is 0 Å². The Morgan fingerprint density at radius 2 is 0.969 bits per heavy atom. The van der Waals surface area contributed by atoms with Gasteiger partial charge in [0.05, 0.1) is 83.3 Å². The summed E-state index contributed by atoms with van der Waals surface area (Å²) in [5.74, 6) is -0.474. The van der Waals surface area contributed by atoms with E-state index in [1.54, 1.807) is 30.5 Å². The Morgan fingerprint density at radius 1 is 0.571 bits per heavy atom. The van der Waals surface area contributed by atoms with Gasteiger partial charge in [0.1, 0.15) is 37.9 Å². The fourth-order valence-corrected chi connectivity index (χ4v) is 10.2. The number of alkyl halides is 9. The Bertz CT molecular complexity index is 4020. The van der Waals surface area contributed by atoms with E-state index >= 15 is 0 Å². The molecule has 11 rings (SSSR count). The second-order valence-electron chi connectivity index (χ2n) is 23.1. The Hall–Kier alpha value is -6.04. The number of aliphatic hydroxyl groups excluding tert-OH is 2. The molecule has 4 aromatic carbocycles. The van der Waals surface area contributed by atoms with Crippen LogP contribution in [0.4, 0.5) is 48.3 Å². The summed E-state index contributed by atoms with van der Waals surface area (Å²) in [6.07, 6.45) is -8.95. The molecule has 31 heteroatoms. The van der Waals surface area contributed by atoms with Gasteiger partial charge in [0.15, 0.2) is 17.9 Å². The number of hydrogen-bond donors (Lipinski definition) is 2. The van der Waals surface area contributed by atoms with Gasteiger partial charge in [-0.2, -0.15) is 39.5 Å². The molecule has 0 unspecified atom stereocenters. The number of ketones is 2. The largest absolute Gasteiger partial charge is 1.00 e. The molecule has 3 aliphatic rings. The number of aldehydes is 1. The van der Waals surface area contributed by atoms with Crippen LogP contribution < -0.4 is 35.0 Å². The molecule has 0 spiro atoms. The first-order valence-electron chi connectivity index (χ1n) is 28.7. The van der Waals surface area contributed by atoms with Crippen molar-refractivity contribution in [2.45, 2.75) is 101 Å². The summed E-state index contributed by atoms with van der Waals surface area (Å²) in [5.41, 5.74) is 2.59. The molecule has 4 aromatic heterocycles. The van der Waals surface area contributed by atoms with Gasteiger partial charge in [-0.05, 0) is 126 Å². The molecule has 0 amide bonds. The zero-order chi connectivity index (χ0) is 70.8. The Morgan fingerprint density at radius 3 is 1.36 bits per heavy atom. The first-order valence-corrected chi connectivity index (χ1v) is 30.6. The van der Waals surface area contributed by atoms with Crippen LogP contribution in [0.1, 0.15) is 95.1 Å². The van der Waals surface area contributed by atoms with Gasteiger partial charge >= 0.3 is 55.2 Å². The molecule has 513 valence electrons. The molecule has 98 heavy (non-hydrogen) atoms. The Labute approximate surface area is 605 Å². The molecule has 3 radical (unpaired) electrons. The monoisotopic (exact) mass is 1500 g/mol. The SMILES string of the molecule is CC1(C)OB(c2ccc(C3(C(=O)Cc4ccc(F)cc4)COC3)cc2)OC1(C)C.Cc1cnc(-c2ccc(C3(C(=O)Cc4ccc(F)cc4)COC3)cc2)c(CO)c1.FC(F)(F)c1cnc(Cl)c(Br)c1.O=Cc1cc(C(F)(F)F)cnc1Cl.OCc1cc(C(F)(F)F)cnc1Cl.[B].[H-].[Na+]. The topological polar surface area (TPSA) is 180 Å². The number of hydrogen-bond acceptors (Lipinski definition) is 13. The van der Waals surface area contributed by atoms with Gasteiger partial charge in [-0.3, -0.25) is 19.4 Å². The van der Waals surface area contributed by atoms with Crippen molar-refractivity contribution in [2.75, 3.05) is 26.4 Å². The zero-order valence-electron chi connectivity index (χ0n) is 54.0. The van der Waals surface area contributed by atoms with Crippen LogP contribution in [0, 0.1) is 18.6 Å². The van der Waals surface area contributed by atoms with Crippen molar-refractivity contribution in [3.63, 3.8) is 0 Å². The number of benzene rings is 4. The van der Waals surface area contributed by atoms with E-state index in [4.69, 9.17) is 58.7 Å². The molecule has 7 heterocycles. The molecule has 0 bridgehead atoms. The summed E-state index contributed by atoms with van der Waals surface area (Å²) in [6, 6.07) is 31.9. The standard InChI is InChI=1S/C24H22FNO3.C23H26BFO4.C7H5ClF3NO.C7H3ClF3NO.C6H2BrClF3N.B.Na.H/c1-16-10-19(13-27)23(26-12-16)18-4-6-20(7-5-18)24(14-29-15-24)22(28)11-17-2-8-21(25)9-3-17;1-21(2)22(3,4)29-24(28-21)18-9-7-17(8-10-18)23(14-27-15-23)20(26)13-16-5-11-19(25)12-6-16;2*8-6-4(3-13)1-5(2-12-6)7(9,10)11;7-4-1-3(6(9,10)11)2-12-5(4)8;;;/h2-10,12,27H,11,13-15H2,1H3;5-12H,13-15H2,1-4H3;1-2,13H,3H2;1-3H;1-2H;;;/q;;;;;;+1;-1. The summed E-state index contributed by atoms with van der Waals surface area (Å²) in [7, 11) is -0.433. The third-order valence-corrected chi connectivity index (χ3v) is 17.6. The van der Waals surface area contributed by atoms with Crippen LogP contribution >= 0.6 is 50.7 Å². The van der Waals surface area contributed by atoms with Crippen molar-refractivity contribution in [3.8, 4) is 11.3 Å². The number of pyridine rings is 4. The number of Topliss-reactive ketones (excluding diaryl/α,β-unsaturated/α-hetero) is 2. The van der Waals surface area contributed by atoms with Gasteiger partial charge in [-0.15, -0.1) is 0 Å². The van der Waals surface area contributed by atoms with Crippen LogP contribution in [0.3, 0.4) is 0 Å². The average molecular weight is 1500 g/mol. The summed E-state index contributed by atoms with van der Waals surface area (Å²) in [6.45, 7) is 10.8. The maximum atomic E-state index is 13.1. The van der Waals surface area contributed by atoms with E-state index in [-0.39, 0.29) is 119 Å².